The lowest BCUT2D eigenvalue weighted by atomic mass is 10.7. The third-order valence-corrected chi connectivity index (χ3v) is 6.84. The van der Waals surface area contributed by atoms with Gasteiger partial charge in [0.15, 0.2) is 8.07 Å². The number of aromatic amines is 1. The predicted octanol–water partition coefficient (Wildman–Crippen LogP) is 2.35. The van der Waals surface area contributed by atoms with Crippen molar-refractivity contribution in [1.82, 2.24) is 10.2 Å². The maximum atomic E-state index is 12.5. The summed E-state index contributed by atoms with van der Waals surface area (Å²) < 4.78 is 42.8. The summed E-state index contributed by atoms with van der Waals surface area (Å²) in [5.41, 5.74) is 0. The molecule has 2 heterocycles. The van der Waals surface area contributed by atoms with Gasteiger partial charge in [0.2, 0.25) is 5.88 Å². The Balaban J connectivity index is 1.79. The molecule has 1 aromatic heterocycles. The molecule has 1 fully saturated rings. The van der Waals surface area contributed by atoms with Crippen LogP contribution >= 0.6 is 0 Å². The molecule has 7 heteroatoms. The number of hydrogen-bond acceptors (Lipinski definition) is 2. The fraction of sp³-hybridized carbons (Fsp3) is 0.625. The standard InChI is InChI=1S/C8H11F3N2OSi/c9-8(10,11)15(5-6-15)4-3-14-7-1-2-12-13-7/h1-2H,3-6H2,(H,12,13). The van der Waals surface area contributed by atoms with Crippen LogP contribution in [-0.4, -0.2) is 30.7 Å². The number of H-pyrrole nitrogens is 1. The molecule has 0 bridgehead atoms. The SMILES string of the molecule is FC(F)(F)[Si]1(CCOc2ccn[nH]2)CC1. The van der Waals surface area contributed by atoms with Gasteiger partial charge in [-0.2, -0.15) is 18.3 Å². The zero-order chi connectivity index (χ0) is 10.9. The zero-order valence-corrected chi connectivity index (χ0v) is 8.97. The van der Waals surface area contributed by atoms with Crippen LogP contribution in [-0.2, 0) is 0 Å². The molecular weight excluding hydrogens is 225 g/mol. The lowest BCUT2D eigenvalue weighted by molar-refractivity contribution is -0.0539. The smallest absolute Gasteiger partial charge is 0.361 e. The molecule has 1 aliphatic heterocycles. The normalized spacial score (nSPS) is 18.9. The van der Waals surface area contributed by atoms with Crippen LogP contribution in [0.25, 0.3) is 0 Å². The summed E-state index contributed by atoms with van der Waals surface area (Å²) in [5.74, 6) is -3.52. The molecule has 0 unspecified atom stereocenters. The summed E-state index contributed by atoms with van der Waals surface area (Å²) in [6, 6.07) is 2.48. The van der Waals surface area contributed by atoms with Gasteiger partial charge < -0.3 is 4.74 Å². The van der Waals surface area contributed by atoms with E-state index in [1.165, 1.54) is 6.20 Å². The average Bonchev–Trinajstić information content (AvgIpc) is 2.75. The molecule has 0 amide bonds. The van der Waals surface area contributed by atoms with E-state index in [-0.39, 0.29) is 12.7 Å². The van der Waals surface area contributed by atoms with E-state index < -0.39 is 13.9 Å². The summed E-state index contributed by atoms with van der Waals surface area (Å²) in [7, 11) is -2.95. The van der Waals surface area contributed by atoms with Gasteiger partial charge in [-0.1, -0.05) is 12.1 Å². The Bertz CT molecular complexity index is 321. The monoisotopic (exact) mass is 236 g/mol. The van der Waals surface area contributed by atoms with Gasteiger partial charge in [0, 0.05) is 6.07 Å². The molecule has 84 valence electrons. The van der Waals surface area contributed by atoms with Crippen LogP contribution in [0, 0.1) is 0 Å². The molecule has 0 radical (unpaired) electrons. The molecule has 15 heavy (non-hydrogen) atoms. The Kier molecular flexibility index (Phi) is 2.49. The second kappa shape index (κ2) is 3.55. The fourth-order valence-corrected chi connectivity index (χ4v) is 4.56. The molecular formula is C8H11F3N2OSi. The lowest BCUT2D eigenvalue weighted by Crippen LogP contribution is -2.37. The number of alkyl halides is 3. The molecule has 0 atom stereocenters. The number of rotatable bonds is 4. The quantitative estimate of drug-likeness (QED) is 0.815. The van der Waals surface area contributed by atoms with E-state index in [9.17, 15) is 13.2 Å². The van der Waals surface area contributed by atoms with Gasteiger partial charge in [0.1, 0.15) is 0 Å². The van der Waals surface area contributed by atoms with E-state index in [4.69, 9.17) is 4.74 Å². The van der Waals surface area contributed by atoms with Crippen LogP contribution in [0.4, 0.5) is 13.2 Å². The van der Waals surface area contributed by atoms with Crippen molar-refractivity contribution in [3.05, 3.63) is 12.3 Å². The Morgan fingerprint density at radius 3 is 2.67 bits per heavy atom. The van der Waals surface area contributed by atoms with Crippen molar-refractivity contribution < 1.29 is 17.9 Å². The molecule has 0 aliphatic carbocycles. The molecule has 1 saturated heterocycles. The van der Waals surface area contributed by atoms with Crippen molar-refractivity contribution >= 4 is 8.07 Å². The van der Waals surface area contributed by atoms with Gasteiger partial charge in [0.05, 0.1) is 12.8 Å². The highest BCUT2D eigenvalue weighted by atomic mass is 28.3. The van der Waals surface area contributed by atoms with Gasteiger partial charge >= 0.3 is 5.80 Å². The second-order valence-corrected chi connectivity index (χ2v) is 8.43. The fourth-order valence-electron chi connectivity index (χ4n) is 1.51. The summed E-state index contributed by atoms with van der Waals surface area (Å²) in [5, 5.41) is 6.19. The van der Waals surface area contributed by atoms with E-state index >= 15 is 0 Å². The molecule has 1 aliphatic rings. The van der Waals surface area contributed by atoms with E-state index in [1.54, 1.807) is 6.07 Å². The van der Waals surface area contributed by atoms with Crippen molar-refractivity contribution in [3.63, 3.8) is 0 Å². The van der Waals surface area contributed by atoms with Gasteiger partial charge in [0.25, 0.3) is 0 Å². The van der Waals surface area contributed by atoms with Crippen molar-refractivity contribution in [1.29, 1.82) is 0 Å². The van der Waals surface area contributed by atoms with Crippen molar-refractivity contribution in [2.24, 2.45) is 0 Å². The van der Waals surface area contributed by atoms with Crippen molar-refractivity contribution in [2.75, 3.05) is 6.61 Å². The number of aromatic nitrogens is 2. The summed E-state index contributed by atoms with van der Waals surface area (Å²) in [6.07, 6.45) is 1.50. The topological polar surface area (TPSA) is 37.9 Å². The third kappa shape index (κ3) is 2.16. The number of hydrogen-bond donors (Lipinski definition) is 1. The predicted molar refractivity (Wildman–Crippen MR) is 50.3 cm³/mol. The molecule has 0 aromatic carbocycles. The van der Waals surface area contributed by atoms with E-state index in [0.717, 1.165) is 0 Å². The molecule has 1 aromatic rings. The minimum Gasteiger partial charge on any atom is -0.478 e. The van der Waals surface area contributed by atoms with E-state index in [2.05, 4.69) is 10.2 Å². The highest BCUT2D eigenvalue weighted by Gasteiger charge is 2.65. The molecule has 0 spiro atoms. The van der Waals surface area contributed by atoms with Crippen LogP contribution in [0.3, 0.4) is 0 Å². The van der Waals surface area contributed by atoms with Gasteiger partial charge in [-0.05, 0) is 6.04 Å². The van der Waals surface area contributed by atoms with Crippen LogP contribution in [0.15, 0.2) is 12.3 Å². The highest BCUT2D eigenvalue weighted by molar-refractivity contribution is 6.90. The van der Waals surface area contributed by atoms with E-state index in [0.29, 0.717) is 18.0 Å². The Morgan fingerprint density at radius 2 is 2.20 bits per heavy atom. The molecule has 1 N–H and O–H groups in total. The number of ether oxygens (including phenoxy) is 1. The largest absolute Gasteiger partial charge is 0.478 e. The van der Waals surface area contributed by atoms with Crippen molar-refractivity contribution in [2.45, 2.75) is 23.9 Å². The second-order valence-electron chi connectivity index (χ2n) is 3.80. The minimum absolute atomic E-state index is 0.133. The van der Waals surface area contributed by atoms with Crippen LogP contribution in [0.2, 0.25) is 18.1 Å². The summed E-state index contributed by atoms with van der Waals surface area (Å²) in [6.45, 7) is 0.133. The van der Waals surface area contributed by atoms with Crippen LogP contribution < -0.4 is 4.74 Å². The van der Waals surface area contributed by atoms with Crippen LogP contribution in [0.5, 0.6) is 5.88 Å². The average molecular weight is 236 g/mol. The van der Waals surface area contributed by atoms with Gasteiger partial charge in [-0.3, -0.25) is 0 Å². The maximum absolute atomic E-state index is 12.5. The third-order valence-electron chi connectivity index (χ3n) is 2.77. The van der Waals surface area contributed by atoms with Crippen molar-refractivity contribution in [3.8, 4) is 5.88 Å². The molecule has 0 saturated carbocycles. The van der Waals surface area contributed by atoms with Gasteiger partial charge in [-0.15, -0.1) is 0 Å². The first-order valence-corrected chi connectivity index (χ1v) is 7.35. The first-order valence-electron chi connectivity index (χ1n) is 4.72. The zero-order valence-electron chi connectivity index (χ0n) is 7.97. The van der Waals surface area contributed by atoms with E-state index in [1.807, 2.05) is 0 Å². The first kappa shape index (κ1) is 10.5. The maximum Gasteiger partial charge on any atom is 0.361 e. The Labute approximate surface area is 85.6 Å². The number of halogens is 3. The summed E-state index contributed by atoms with van der Waals surface area (Å²) in [4.78, 5) is 0. The van der Waals surface area contributed by atoms with Crippen LogP contribution in [0.1, 0.15) is 0 Å². The Morgan fingerprint density at radius 1 is 1.47 bits per heavy atom. The number of nitrogens with zero attached hydrogens (tertiary/aromatic N) is 1. The van der Waals surface area contributed by atoms with Gasteiger partial charge in [-0.25, -0.2) is 5.10 Å². The lowest BCUT2D eigenvalue weighted by Gasteiger charge is -2.16. The first-order chi connectivity index (χ1) is 7.04. The Hall–Kier alpha value is -0.983. The highest BCUT2D eigenvalue weighted by Crippen LogP contribution is 2.51. The molecule has 3 nitrogen and oxygen atoms in total. The summed E-state index contributed by atoms with van der Waals surface area (Å²) >= 11 is 0. The minimum atomic E-state index is -3.95. The molecule has 2 rings (SSSR count). The number of nitrogens with one attached hydrogen (secondary N) is 1.